The molecule has 1 heteroatoms. The van der Waals surface area contributed by atoms with Gasteiger partial charge in [0.25, 0.3) is 0 Å². The lowest BCUT2D eigenvalue weighted by Crippen LogP contribution is -2.10. The highest BCUT2D eigenvalue weighted by Crippen LogP contribution is 2.46. The van der Waals surface area contributed by atoms with E-state index in [0.29, 0.717) is 0 Å². The summed E-state index contributed by atoms with van der Waals surface area (Å²) in [6, 6.07) is 49.2. The van der Waals surface area contributed by atoms with E-state index in [2.05, 4.69) is 159 Å². The molecule has 0 atom stereocenters. The van der Waals surface area contributed by atoms with E-state index < -0.39 is 0 Å². The highest BCUT2D eigenvalue weighted by atomic mass is 15.0. The first kappa shape index (κ1) is 24.0. The second-order valence-electron chi connectivity index (χ2n) is 12.2. The minimum absolute atomic E-state index is 0.109. The fraction of sp³-hybridized carbons (Fsp3) is 0.100. The zero-order valence-corrected chi connectivity index (χ0v) is 23.6. The largest absolute Gasteiger partial charge is 0.309 e. The van der Waals surface area contributed by atoms with Crippen LogP contribution in [-0.2, 0) is 5.41 Å². The van der Waals surface area contributed by atoms with Gasteiger partial charge < -0.3 is 4.57 Å². The molecule has 0 spiro atoms. The van der Waals surface area contributed by atoms with Crippen LogP contribution < -0.4 is 0 Å². The van der Waals surface area contributed by atoms with Gasteiger partial charge in [-0.2, -0.15) is 0 Å². The standard InChI is InChI=1S/C40H31N/c1-40(2,3)27-21-23-28(24-22-27)41-36-20-12-11-19-33(36)38-37-31-17-9-7-15-29(31)34(26-13-5-4-6-14-26)25-35(37)30-16-8-10-18-32(30)39(38)41/h4-25H,1-3H3. The minimum atomic E-state index is 0.109. The first-order chi connectivity index (χ1) is 20.0. The Kier molecular flexibility index (Phi) is 5.15. The third-order valence-electron chi connectivity index (χ3n) is 8.72. The summed E-state index contributed by atoms with van der Waals surface area (Å²) in [7, 11) is 0. The van der Waals surface area contributed by atoms with E-state index in [0.717, 1.165) is 0 Å². The van der Waals surface area contributed by atoms with Crippen LogP contribution in [0.2, 0.25) is 0 Å². The summed E-state index contributed by atoms with van der Waals surface area (Å²) in [6.07, 6.45) is 0. The van der Waals surface area contributed by atoms with E-state index in [1.807, 2.05) is 0 Å². The zero-order valence-electron chi connectivity index (χ0n) is 23.6. The van der Waals surface area contributed by atoms with Gasteiger partial charge in [0.2, 0.25) is 0 Å². The Morgan fingerprint density at radius 3 is 1.76 bits per heavy atom. The number of hydrogen-bond acceptors (Lipinski definition) is 0. The maximum absolute atomic E-state index is 2.48. The monoisotopic (exact) mass is 525 g/mol. The molecule has 0 saturated heterocycles. The third-order valence-corrected chi connectivity index (χ3v) is 8.72. The summed E-state index contributed by atoms with van der Waals surface area (Å²) in [4.78, 5) is 0. The van der Waals surface area contributed by atoms with E-state index >= 15 is 0 Å². The van der Waals surface area contributed by atoms with Crippen LogP contribution in [0.15, 0.2) is 133 Å². The smallest absolute Gasteiger partial charge is 0.0626 e. The Balaban J connectivity index is 1.61. The highest BCUT2D eigenvalue weighted by Gasteiger charge is 2.22. The van der Waals surface area contributed by atoms with Crippen molar-refractivity contribution in [2.75, 3.05) is 0 Å². The van der Waals surface area contributed by atoms with Gasteiger partial charge in [-0.25, -0.2) is 0 Å². The van der Waals surface area contributed by atoms with E-state index in [9.17, 15) is 0 Å². The number of aromatic nitrogens is 1. The van der Waals surface area contributed by atoms with Gasteiger partial charge in [-0.1, -0.05) is 130 Å². The average Bonchev–Trinajstić information content (AvgIpc) is 3.36. The Morgan fingerprint density at radius 2 is 1.05 bits per heavy atom. The molecule has 0 aliphatic rings. The van der Waals surface area contributed by atoms with Gasteiger partial charge >= 0.3 is 0 Å². The molecule has 8 rings (SSSR count). The van der Waals surface area contributed by atoms with Crippen molar-refractivity contribution in [3.05, 3.63) is 139 Å². The van der Waals surface area contributed by atoms with Crippen LogP contribution in [0.3, 0.4) is 0 Å². The van der Waals surface area contributed by atoms with Gasteiger partial charge in [-0.3, -0.25) is 0 Å². The van der Waals surface area contributed by atoms with Crippen LogP contribution in [0.4, 0.5) is 0 Å². The van der Waals surface area contributed by atoms with Crippen molar-refractivity contribution in [1.82, 2.24) is 4.57 Å². The van der Waals surface area contributed by atoms with E-state index in [1.165, 1.54) is 76.5 Å². The number of benzene rings is 7. The summed E-state index contributed by atoms with van der Waals surface area (Å²) >= 11 is 0. The first-order valence-corrected chi connectivity index (χ1v) is 14.5. The maximum Gasteiger partial charge on any atom is 0.0626 e. The van der Waals surface area contributed by atoms with Gasteiger partial charge in [0, 0.05) is 27.2 Å². The molecule has 0 N–H and O–H groups in total. The van der Waals surface area contributed by atoms with Crippen molar-refractivity contribution in [2.45, 2.75) is 26.2 Å². The van der Waals surface area contributed by atoms with Crippen molar-refractivity contribution in [3.63, 3.8) is 0 Å². The quantitative estimate of drug-likeness (QED) is 0.198. The molecular formula is C40H31N. The van der Waals surface area contributed by atoms with Crippen molar-refractivity contribution >= 4 is 54.1 Å². The molecule has 0 saturated carbocycles. The third kappa shape index (κ3) is 3.55. The lowest BCUT2D eigenvalue weighted by Gasteiger charge is -2.20. The number of hydrogen-bond donors (Lipinski definition) is 0. The van der Waals surface area contributed by atoms with Crippen LogP contribution in [0.25, 0.3) is 70.9 Å². The minimum Gasteiger partial charge on any atom is -0.309 e. The highest BCUT2D eigenvalue weighted by molar-refractivity contribution is 6.37. The predicted molar refractivity (Wildman–Crippen MR) is 177 cm³/mol. The molecule has 196 valence electrons. The van der Waals surface area contributed by atoms with Crippen LogP contribution in [0, 0.1) is 0 Å². The van der Waals surface area contributed by atoms with Crippen LogP contribution in [0.5, 0.6) is 0 Å². The van der Waals surface area contributed by atoms with Gasteiger partial charge in [0.15, 0.2) is 0 Å². The zero-order chi connectivity index (χ0) is 27.7. The van der Waals surface area contributed by atoms with Gasteiger partial charge in [-0.15, -0.1) is 0 Å². The Morgan fingerprint density at radius 1 is 0.463 bits per heavy atom. The van der Waals surface area contributed by atoms with E-state index in [1.54, 1.807) is 0 Å². The number of fused-ring (bicyclic) bond motifs is 10. The molecule has 0 amide bonds. The fourth-order valence-corrected chi connectivity index (χ4v) is 6.76. The molecule has 1 nitrogen and oxygen atoms in total. The molecule has 41 heavy (non-hydrogen) atoms. The average molecular weight is 526 g/mol. The van der Waals surface area contributed by atoms with Crippen molar-refractivity contribution in [1.29, 1.82) is 0 Å². The molecule has 7 aromatic carbocycles. The fourth-order valence-electron chi connectivity index (χ4n) is 6.76. The maximum atomic E-state index is 2.48. The van der Waals surface area contributed by atoms with Crippen LogP contribution in [-0.4, -0.2) is 4.57 Å². The topological polar surface area (TPSA) is 4.93 Å². The number of nitrogens with zero attached hydrogens (tertiary/aromatic N) is 1. The summed E-state index contributed by atoms with van der Waals surface area (Å²) in [6.45, 7) is 6.82. The normalized spacial score (nSPS) is 12.3. The summed E-state index contributed by atoms with van der Waals surface area (Å²) in [5, 5.41) is 10.4. The molecule has 1 aromatic heterocycles. The SMILES string of the molecule is CC(C)(C)c1ccc(-n2c3ccccc3c3c4c5ccccc5c(-c5ccccc5)cc4c4ccccc4c32)cc1. The van der Waals surface area contributed by atoms with Crippen molar-refractivity contribution < 1.29 is 0 Å². The Hall–Kier alpha value is -4.88. The second kappa shape index (κ2) is 8.81. The van der Waals surface area contributed by atoms with Crippen molar-refractivity contribution in [2.24, 2.45) is 0 Å². The predicted octanol–water partition coefficient (Wildman–Crippen LogP) is 11.2. The Labute approximate surface area is 240 Å². The molecule has 0 fully saturated rings. The first-order valence-electron chi connectivity index (χ1n) is 14.5. The summed E-state index contributed by atoms with van der Waals surface area (Å²) in [5.41, 5.74) is 7.68. The molecular weight excluding hydrogens is 494 g/mol. The molecule has 0 radical (unpaired) electrons. The van der Waals surface area contributed by atoms with Gasteiger partial charge in [0.1, 0.15) is 0 Å². The lowest BCUT2D eigenvalue weighted by molar-refractivity contribution is 0.590. The number of rotatable bonds is 2. The second-order valence-corrected chi connectivity index (χ2v) is 12.2. The molecule has 0 aliphatic carbocycles. The number of para-hydroxylation sites is 1. The summed E-state index contributed by atoms with van der Waals surface area (Å²) < 4.78 is 2.48. The Bertz CT molecular complexity index is 2260. The lowest BCUT2D eigenvalue weighted by atomic mass is 9.87. The molecule has 8 aromatic rings. The molecule has 0 aliphatic heterocycles. The summed E-state index contributed by atoms with van der Waals surface area (Å²) in [5.74, 6) is 0. The molecule has 0 bridgehead atoms. The van der Waals surface area contributed by atoms with Crippen LogP contribution in [0.1, 0.15) is 26.3 Å². The molecule has 0 unspecified atom stereocenters. The van der Waals surface area contributed by atoms with Gasteiger partial charge in [0.05, 0.1) is 11.0 Å². The van der Waals surface area contributed by atoms with Gasteiger partial charge in [-0.05, 0) is 67.9 Å². The van der Waals surface area contributed by atoms with Crippen LogP contribution >= 0.6 is 0 Å². The molecule has 1 heterocycles. The van der Waals surface area contributed by atoms with E-state index in [-0.39, 0.29) is 5.41 Å². The van der Waals surface area contributed by atoms with Crippen molar-refractivity contribution in [3.8, 4) is 16.8 Å². The van der Waals surface area contributed by atoms with E-state index in [4.69, 9.17) is 0 Å².